The van der Waals surface area contributed by atoms with E-state index in [1.807, 2.05) is 13.8 Å². The molecule has 5 nitrogen and oxygen atoms in total. The van der Waals surface area contributed by atoms with E-state index in [1.165, 1.54) is 45.2 Å². The summed E-state index contributed by atoms with van der Waals surface area (Å²) in [6.07, 6.45) is 7.06. The van der Waals surface area contributed by atoms with E-state index in [4.69, 9.17) is 0 Å². The first-order chi connectivity index (χ1) is 10.1. The number of amides is 2. The van der Waals surface area contributed by atoms with Crippen LogP contribution in [-0.4, -0.2) is 67.2 Å². The molecular formula is C16H32N4O. The van der Waals surface area contributed by atoms with E-state index in [0.717, 1.165) is 32.2 Å². The van der Waals surface area contributed by atoms with Gasteiger partial charge in [0.1, 0.15) is 0 Å². The van der Waals surface area contributed by atoms with Crippen molar-refractivity contribution in [3.8, 4) is 0 Å². The molecule has 0 radical (unpaired) electrons. The highest BCUT2D eigenvalue weighted by Crippen LogP contribution is 2.23. The molecule has 1 heterocycles. The Hall–Kier alpha value is -0.810. The summed E-state index contributed by atoms with van der Waals surface area (Å²) in [5, 5.41) is 5.78. The van der Waals surface area contributed by atoms with E-state index in [1.54, 1.807) is 0 Å². The van der Waals surface area contributed by atoms with E-state index < -0.39 is 0 Å². The minimum Gasteiger partial charge on any atom is -0.337 e. The molecule has 0 aromatic carbocycles. The molecule has 21 heavy (non-hydrogen) atoms. The third-order valence-electron chi connectivity index (χ3n) is 4.63. The molecule has 2 N–H and O–H groups in total. The average molecular weight is 296 g/mol. The van der Waals surface area contributed by atoms with Crippen LogP contribution in [0.4, 0.5) is 4.79 Å². The largest absolute Gasteiger partial charge is 0.337 e. The van der Waals surface area contributed by atoms with Crippen LogP contribution in [0.15, 0.2) is 0 Å². The summed E-state index contributed by atoms with van der Waals surface area (Å²) in [4.78, 5) is 16.7. The van der Waals surface area contributed by atoms with Gasteiger partial charge in [-0.05, 0) is 26.7 Å². The molecule has 1 saturated carbocycles. The Kier molecular flexibility index (Phi) is 6.77. The third kappa shape index (κ3) is 5.83. The second-order valence-corrected chi connectivity index (χ2v) is 6.72. The van der Waals surface area contributed by atoms with Crippen LogP contribution in [0.3, 0.4) is 0 Å². The molecule has 122 valence electrons. The molecule has 2 amide bonds. The zero-order chi connectivity index (χ0) is 15.1. The summed E-state index contributed by atoms with van der Waals surface area (Å²) >= 11 is 0. The quantitative estimate of drug-likeness (QED) is 0.811. The second-order valence-electron chi connectivity index (χ2n) is 6.72. The maximum absolute atomic E-state index is 11.5. The van der Waals surface area contributed by atoms with Crippen molar-refractivity contribution in [1.29, 1.82) is 0 Å². The van der Waals surface area contributed by atoms with Crippen LogP contribution in [0.2, 0.25) is 0 Å². The Balaban J connectivity index is 1.57. The third-order valence-corrected chi connectivity index (χ3v) is 4.63. The molecule has 2 fully saturated rings. The maximum Gasteiger partial charge on any atom is 0.315 e. The predicted octanol–water partition coefficient (Wildman–Crippen LogP) is 1.64. The van der Waals surface area contributed by atoms with Crippen LogP contribution in [0.5, 0.6) is 0 Å². The fourth-order valence-electron chi connectivity index (χ4n) is 3.44. The molecule has 1 aliphatic carbocycles. The fourth-order valence-corrected chi connectivity index (χ4v) is 3.44. The van der Waals surface area contributed by atoms with Gasteiger partial charge in [0.05, 0.1) is 0 Å². The van der Waals surface area contributed by atoms with E-state index >= 15 is 0 Å². The molecule has 0 spiro atoms. The lowest BCUT2D eigenvalue weighted by Crippen LogP contribution is -2.52. The molecule has 2 aliphatic rings. The number of piperazine rings is 1. The Morgan fingerprint density at radius 1 is 1.10 bits per heavy atom. The topological polar surface area (TPSA) is 47.6 Å². The molecule has 1 saturated heterocycles. The molecule has 0 aromatic heterocycles. The molecule has 0 unspecified atom stereocenters. The van der Waals surface area contributed by atoms with Crippen molar-refractivity contribution in [1.82, 2.24) is 20.4 Å². The lowest BCUT2D eigenvalue weighted by molar-refractivity contribution is 0.0797. The van der Waals surface area contributed by atoms with Gasteiger partial charge in [0.25, 0.3) is 0 Å². The van der Waals surface area contributed by atoms with Gasteiger partial charge in [-0.15, -0.1) is 0 Å². The monoisotopic (exact) mass is 296 g/mol. The van der Waals surface area contributed by atoms with Gasteiger partial charge < -0.3 is 10.6 Å². The molecule has 1 aliphatic heterocycles. The lowest BCUT2D eigenvalue weighted by atomic mass is 9.94. The van der Waals surface area contributed by atoms with Gasteiger partial charge in [-0.25, -0.2) is 4.79 Å². The highest BCUT2D eigenvalue weighted by atomic mass is 16.2. The van der Waals surface area contributed by atoms with Crippen LogP contribution < -0.4 is 10.6 Å². The summed E-state index contributed by atoms with van der Waals surface area (Å²) in [5.74, 6) is 0. The van der Waals surface area contributed by atoms with Crippen LogP contribution in [0, 0.1) is 0 Å². The maximum atomic E-state index is 11.5. The number of hydrogen-bond donors (Lipinski definition) is 2. The molecular weight excluding hydrogens is 264 g/mol. The zero-order valence-corrected chi connectivity index (χ0v) is 13.7. The lowest BCUT2D eigenvalue weighted by Gasteiger charge is -2.40. The summed E-state index contributed by atoms with van der Waals surface area (Å²) in [6.45, 7) is 10.3. The van der Waals surface area contributed by atoms with Crippen LogP contribution in [-0.2, 0) is 0 Å². The average Bonchev–Trinajstić information content (AvgIpc) is 2.48. The van der Waals surface area contributed by atoms with Gasteiger partial charge in [-0.3, -0.25) is 9.80 Å². The summed E-state index contributed by atoms with van der Waals surface area (Å²) in [6, 6.07) is 0.991. The van der Waals surface area contributed by atoms with Gasteiger partial charge in [0.2, 0.25) is 0 Å². The van der Waals surface area contributed by atoms with Crippen LogP contribution >= 0.6 is 0 Å². The number of hydrogen-bond acceptors (Lipinski definition) is 3. The number of carbonyl (C=O) groups excluding carboxylic acids is 1. The van der Waals surface area contributed by atoms with Crippen molar-refractivity contribution in [2.75, 3.05) is 39.3 Å². The summed E-state index contributed by atoms with van der Waals surface area (Å²) < 4.78 is 0. The Morgan fingerprint density at radius 3 is 2.38 bits per heavy atom. The Labute approximate surface area is 129 Å². The number of urea groups is 1. The van der Waals surface area contributed by atoms with Gasteiger partial charge in [0.15, 0.2) is 0 Å². The summed E-state index contributed by atoms with van der Waals surface area (Å²) in [7, 11) is 0. The number of nitrogens with one attached hydrogen (secondary N) is 2. The molecule has 0 bridgehead atoms. The first-order valence-electron chi connectivity index (χ1n) is 8.66. The van der Waals surface area contributed by atoms with Gasteiger partial charge >= 0.3 is 6.03 Å². The van der Waals surface area contributed by atoms with Crippen molar-refractivity contribution in [2.24, 2.45) is 0 Å². The second kappa shape index (κ2) is 8.59. The molecule has 0 aromatic rings. The fraction of sp³-hybridized carbons (Fsp3) is 0.938. The molecule has 0 atom stereocenters. The Bertz CT molecular complexity index is 307. The number of carbonyl (C=O) groups is 1. The number of nitrogens with zero attached hydrogens (tertiary/aromatic N) is 2. The van der Waals surface area contributed by atoms with E-state index in [-0.39, 0.29) is 12.1 Å². The molecule has 5 heteroatoms. The predicted molar refractivity (Wildman–Crippen MR) is 86.6 cm³/mol. The van der Waals surface area contributed by atoms with E-state index in [9.17, 15) is 4.79 Å². The highest BCUT2D eigenvalue weighted by Gasteiger charge is 2.24. The number of rotatable bonds is 5. The summed E-state index contributed by atoms with van der Waals surface area (Å²) in [5.41, 5.74) is 0. The van der Waals surface area contributed by atoms with Gasteiger partial charge in [0, 0.05) is 51.4 Å². The van der Waals surface area contributed by atoms with Crippen LogP contribution in [0.1, 0.15) is 46.0 Å². The van der Waals surface area contributed by atoms with E-state index in [2.05, 4.69) is 20.4 Å². The first-order valence-corrected chi connectivity index (χ1v) is 8.66. The zero-order valence-electron chi connectivity index (χ0n) is 13.7. The normalized spacial score (nSPS) is 22.4. The van der Waals surface area contributed by atoms with Gasteiger partial charge in [-0.1, -0.05) is 19.3 Å². The Morgan fingerprint density at radius 2 is 1.76 bits per heavy atom. The smallest absolute Gasteiger partial charge is 0.315 e. The van der Waals surface area contributed by atoms with Gasteiger partial charge in [-0.2, -0.15) is 0 Å². The van der Waals surface area contributed by atoms with Crippen molar-refractivity contribution in [2.45, 2.75) is 58.0 Å². The minimum atomic E-state index is -0.0501. The highest BCUT2D eigenvalue weighted by molar-refractivity contribution is 5.74. The molecule has 2 rings (SSSR count). The van der Waals surface area contributed by atoms with E-state index in [0.29, 0.717) is 0 Å². The minimum absolute atomic E-state index is 0.0501. The van der Waals surface area contributed by atoms with Crippen molar-refractivity contribution in [3.05, 3.63) is 0 Å². The van der Waals surface area contributed by atoms with Crippen molar-refractivity contribution in [3.63, 3.8) is 0 Å². The first kappa shape index (κ1) is 16.6. The van der Waals surface area contributed by atoms with Crippen molar-refractivity contribution >= 4 is 6.03 Å². The van der Waals surface area contributed by atoms with Crippen molar-refractivity contribution < 1.29 is 4.79 Å². The SMILES string of the molecule is CC(C)NC(=O)NCCN1CCN(C2CCCCC2)CC1. The van der Waals surface area contributed by atoms with Crippen LogP contribution in [0.25, 0.3) is 0 Å². The standard InChI is InChI=1S/C16H32N4O/c1-14(2)18-16(21)17-8-9-19-10-12-20(13-11-19)15-6-4-3-5-7-15/h14-15H,3-13H2,1-2H3,(H2,17,18,21).